The Labute approximate surface area is 131 Å². The average Bonchev–Trinajstić information content (AvgIpc) is 3.25. The topological polar surface area (TPSA) is 68.5 Å². The summed E-state index contributed by atoms with van der Waals surface area (Å²) in [5.74, 6) is 1.60. The summed E-state index contributed by atoms with van der Waals surface area (Å²) in [5.41, 5.74) is 0. The molecule has 22 heavy (non-hydrogen) atoms. The molecule has 0 spiro atoms. The van der Waals surface area contributed by atoms with Crippen molar-refractivity contribution in [1.82, 2.24) is 15.0 Å². The second-order valence-electron chi connectivity index (χ2n) is 6.40. The predicted molar refractivity (Wildman–Crippen MR) is 79.9 cm³/mol. The smallest absolute Gasteiger partial charge is 0.226 e. The van der Waals surface area contributed by atoms with Crippen molar-refractivity contribution in [3.8, 4) is 0 Å². The van der Waals surface area contributed by atoms with Gasteiger partial charge in [0, 0.05) is 12.5 Å². The van der Waals surface area contributed by atoms with Gasteiger partial charge in [-0.1, -0.05) is 37.8 Å². The first-order valence-corrected chi connectivity index (χ1v) is 8.44. The molecule has 1 aromatic heterocycles. The minimum Gasteiger partial charge on any atom is -0.377 e. The zero-order valence-corrected chi connectivity index (χ0v) is 13.2. The van der Waals surface area contributed by atoms with E-state index in [2.05, 4.69) is 17.1 Å². The van der Waals surface area contributed by atoms with Crippen LogP contribution in [0.3, 0.4) is 0 Å². The van der Waals surface area contributed by atoms with Crippen LogP contribution in [0.5, 0.6) is 0 Å². The minimum atomic E-state index is -0.211. The molecule has 2 unspecified atom stereocenters. The third-order valence-electron chi connectivity index (χ3n) is 5.02. The number of ether oxygens (including phenoxy) is 1. The SMILES string of the molecule is CCC(CC1CCCC1)C(=O)N1CCOCC1c1ncon1. The Kier molecular flexibility index (Phi) is 5.08. The van der Waals surface area contributed by atoms with Crippen molar-refractivity contribution in [3.63, 3.8) is 0 Å². The summed E-state index contributed by atoms with van der Waals surface area (Å²) in [6.07, 6.45) is 8.42. The third kappa shape index (κ3) is 3.32. The van der Waals surface area contributed by atoms with Crippen LogP contribution in [0, 0.1) is 11.8 Å². The van der Waals surface area contributed by atoms with Gasteiger partial charge in [-0.15, -0.1) is 0 Å². The van der Waals surface area contributed by atoms with Crippen molar-refractivity contribution < 1.29 is 14.1 Å². The van der Waals surface area contributed by atoms with E-state index in [1.165, 1.54) is 32.1 Å². The quantitative estimate of drug-likeness (QED) is 0.836. The maximum atomic E-state index is 13.0. The molecule has 0 aromatic carbocycles. The fraction of sp³-hybridized carbons (Fsp3) is 0.812. The summed E-state index contributed by atoms with van der Waals surface area (Å²) in [6, 6.07) is -0.211. The minimum absolute atomic E-state index is 0.107. The first-order valence-electron chi connectivity index (χ1n) is 8.44. The lowest BCUT2D eigenvalue weighted by atomic mass is 9.90. The lowest BCUT2D eigenvalue weighted by molar-refractivity contribution is -0.145. The summed E-state index contributed by atoms with van der Waals surface area (Å²) in [5, 5.41) is 3.90. The zero-order valence-electron chi connectivity index (χ0n) is 13.2. The molecule has 6 nitrogen and oxygen atoms in total. The van der Waals surface area contributed by atoms with Crippen molar-refractivity contribution in [2.45, 2.75) is 51.5 Å². The van der Waals surface area contributed by atoms with Gasteiger partial charge in [0.15, 0.2) is 5.82 Å². The van der Waals surface area contributed by atoms with E-state index in [1.807, 2.05) is 4.90 Å². The van der Waals surface area contributed by atoms with Crippen LogP contribution >= 0.6 is 0 Å². The van der Waals surface area contributed by atoms with E-state index in [-0.39, 0.29) is 17.9 Å². The summed E-state index contributed by atoms with van der Waals surface area (Å²) >= 11 is 0. The van der Waals surface area contributed by atoms with Crippen LogP contribution < -0.4 is 0 Å². The summed E-state index contributed by atoms with van der Waals surface area (Å²) < 4.78 is 10.4. The summed E-state index contributed by atoms with van der Waals surface area (Å²) in [4.78, 5) is 19.0. The number of aromatic nitrogens is 2. The Morgan fingerprint density at radius 3 is 2.95 bits per heavy atom. The highest BCUT2D eigenvalue weighted by Crippen LogP contribution is 2.33. The Morgan fingerprint density at radius 1 is 1.45 bits per heavy atom. The summed E-state index contributed by atoms with van der Waals surface area (Å²) in [7, 11) is 0. The van der Waals surface area contributed by atoms with Crippen LogP contribution in [0.25, 0.3) is 0 Å². The monoisotopic (exact) mass is 307 g/mol. The molecule has 2 atom stereocenters. The average molecular weight is 307 g/mol. The fourth-order valence-corrected chi connectivity index (χ4v) is 3.73. The fourth-order valence-electron chi connectivity index (χ4n) is 3.73. The molecule has 0 N–H and O–H groups in total. The normalized spacial score (nSPS) is 24.6. The molecule has 1 amide bonds. The molecule has 122 valence electrons. The number of morpholine rings is 1. The van der Waals surface area contributed by atoms with Crippen LogP contribution in [-0.2, 0) is 9.53 Å². The number of amides is 1. The van der Waals surface area contributed by atoms with Crippen LogP contribution in [0.1, 0.15) is 57.3 Å². The summed E-state index contributed by atoms with van der Waals surface area (Å²) in [6.45, 7) is 3.76. The molecule has 1 aromatic rings. The molecule has 1 aliphatic heterocycles. The maximum absolute atomic E-state index is 13.0. The van der Waals surface area contributed by atoms with E-state index in [0.29, 0.717) is 25.6 Å². The second-order valence-corrected chi connectivity index (χ2v) is 6.40. The third-order valence-corrected chi connectivity index (χ3v) is 5.02. The van der Waals surface area contributed by atoms with E-state index in [0.717, 1.165) is 18.8 Å². The van der Waals surface area contributed by atoms with Gasteiger partial charge in [-0.2, -0.15) is 4.98 Å². The van der Waals surface area contributed by atoms with E-state index < -0.39 is 0 Å². The van der Waals surface area contributed by atoms with Crippen LogP contribution in [0.4, 0.5) is 0 Å². The van der Waals surface area contributed by atoms with Crippen molar-refractivity contribution >= 4 is 5.91 Å². The number of hydrogen-bond acceptors (Lipinski definition) is 5. The number of nitrogens with zero attached hydrogens (tertiary/aromatic N) is 3. The molecule has 1 aliphatic carbocycles. The molecule has 3 rings (SSSR count). The molecule has 6 heteroatoms. The highest BCUT2D eigenvalue weighted by Gasteiger charge is 2.35. The number of hydrogen-bond donors (Lipinski definition) is 0. The van der Waals surface area contributed by atoms with Gasteiger partial charge in [0.25, 0.3) is 0 Å². The molecular weight excluding hydrogens is 282 g/mol. The first-order chi connectivity index (χ1) is 10.8. The Morgan fingerprint density at radius 2 is 2.27 bits per heavy atom. The lowest BCUT2D eigenvalue weighted by Crippen LogP contribution is -2.46. The number of carbonyl (C=O) groups is 1. The van der Waals surface area contributed by atoms with E-state index in [1.54, 1.807) is 0 Å². The Hall–Kier alpha value is -1.43. The van der Waals surface area contributed by atoms with Gasteiger partial charge in [0.05, 0.1) is 13.2 Å². The second kappa shape index (κ2) is 7.22. The Balaban J connectivity index is 1.69. The molecule has 1 saturated heterocycles. The standard InChI is InChI=1S/C16H25N3O3/c1-2-13(9-12-5-3-4-6-12)16(20)19-7-8-21-10-14(19)15-17-11-22-18-15/h11-14H,2-10H2,1H3. The van der Waals surface area contributed by atoms with Crippen molar-refractivity contribution in [1.29, 1.82) is 0 Å². The molecular formula is C16H25N3O3. The largest absolute Gasteiger partial charge is 0.377 e. The van der Waals surface area contributed by atoms with Gasteiger partial charge in [-0.05, 0) is 18.8 Å². The van der Waals surface area contributed by atoms with Crippen LogP contribution in [0.2, 0.25) is 0 Å². The van der Waals surface area contributed by atoms with Crippen molar-refractivity contribution in [2.24, 2.45) is 11.8 Å². The van der Waals surface area contributed by atoms with Gasteiger partial charge in [-0.25, -0.2) is 0 Å². The molecule has 2 fully saturated rings. The molecule has 2 aliphatic rings. The van der Waals surface area contributed by atoms with E-state index >= 15 is 0 Å². The zero-order chi connectivity index (χ0) is 15.4. The number of carbonyl (C=O) groups excluding carboxylic acids is 1. The Bertz CT molecular complexity index is 471. The molecule has 0 bridgehead atoms. The van der Waals surface area contributed by atoms with Gasteiger partial charge in [-0.3, -0.25) is 4.79 Å². The molecule has 2 heterocycles. The highest BCUT2D eigenvalue weighted by molar-refractivity contribution is 5.79. The lowest BCUT2D eigenvalue weighted by Gasteiger charge is -2.36. The highest BCUT2D eigenvalue weighted by atomic mass is 16.5. The van der Waals surface area contributed by atoms with Crippen molar-refractivity contribution in [3.05, 3.63) is 12.2 Å². The van der Waals surface area contributed by atoms with E-state index in [9.17, 15) is 4.79 Å². The van der Waals surface area contributed by atoms with Gasteiger partial charge >= 0.3 is 0 Å². The number of rotatable bonds is 5. The first kappa shape index (κ1) is 15.5. The van der Waals surface area contributed by atoms with Gasteiger partial charge in [0.2, 0.25) is 12.3 Å². The predicted octanol–water partition coefficient (Wildman–Crippen LogP) is 2.58. The van der Waals surface area contributed by atoms with Gasteiger partial charge < -0.3 is 14.2 Å². The van der Waals surface area contributed by atoms with Crippen molar-refractivity contribution in [2.75, 3.05) is 19.8 Å². The van der Waals surface area contributed by atoms with Crippen LogP contribution in [0.15, 0.2) is 10.9 Å². The van der Waals surface area contributed by atoms with E-state index in [4.69, 9.17) is 9.26 Å². The molecule has 1 saturated carbocycles. The molecule has 0 radical (unpaired) electrons. The van der Waals surface area contributed by atoms with Gasteiger partial charge in [0.1, 0.15) is 6.04 Å². The maximum Gasteiger partial charge on any atom is 0.226 e. The van der Waals surface area contributed by atoms with Crippen LogP contribution in [-0.4, -0.2) is 40.7 Å².